The molecule has 0 radical (unpaired) electrons. The number of rotatable bonds is 2. The number of nitrogens with zero attached hydrogens (tertiary/aromatic N) is 2. The van der Waals surface area contributed by atoms with E-state index < -0.39 is 11.7 Å². The van der Waals surface area contributed by atoms with Crippen LogP contribution < -0.4 is 9.13 Å². The summed E-state index contributed by atoms with van der Waals surface area (Å²) in [7, 11) is 3.54. The third-order valence-electron chi connectivity index (χ3n) is 4.08. The second kappa shape index (κ2) is 5.78. The fourth-order valence-corrected chi connectivity index (χ4v) is 2.76. The first kappa shape index (κ1) is 16.2. The fourth-order valence-electron chi connectivity index (χ4n) is 2.76. The molecule has 0 amide bonds. The van der Waals surface area contributed by atoms with Crippen LogP contribution in [0.25, 0.3) is 22.7 Å². The Kier molecular flexibility index (Phi) is 3.91. The highest BCUT2D eigenvalue weighted by Crippen LogP contribution is 2.37. The van der Waals surface area contributed by atoms with Gasteiger partial charge in [-0.15, -0.1) is 0 Å². The molecule has 0 saturated carbocycles. The quantitative estimate of drug-likeness (QED) is 0.656. The molecule has 0 bridgehead atoms. The van der Waals surface area contributed by atoms with Gasteiger partial charge < -0.3 is 4.42 Å². The zero-order valence-electron chi connectivity index (χ0n) is 13.6. The molecule has 0 aliphatic rings. The standard InChI is InChI=1S/C18H17F3N2O/c1-12-14(16-6-4-5-7-22(16)2)10-13(18(19,20)21)11-15(12)17-23(3)8-9-24-17/h4-11H,1-3H3/q+2. The van der Waals surface area contributed by atoms with Gasteiger partial charge >= 0.3 is 12.1 Å². The number of aromatic nitrogens is 2. The molecule has 124 valence electrons. The van der Waals surface area contributed by atoms with Crippen molar-refractivity contribution in [3.63, 3.8) is 0 Å². The third kappa shape index (κ3) is 2.79. The molecule has 6 heteroatoms. The first-order valence-electron chi connectivity index (χ1n) is 7.39. The maximum Gasteiger partial charge on any atom is 0.416 e. The van der Waals surface area contributed by atoms with Crippen molar-refractivity contribution in [1.82, 2.24) is 0 Å². The third-order valence-corrected chi connectivity index (χ3v) is 4.08. The number of oxazole rings is 1. The van der Waals surface area contributed by atoms with Crippen molar-refractivity contribution in [2.75, 3.05) is 0 Å². The highest BCUT2D eigenvalue weighted by atomic mass is 19.4. The highest BCUT2D eigenvalue weighted by molar-refractivity contribution is 5.72. The predicted octanol–water partition coefficient (Wildman–Crippen LogP) is 3.59. The second-order valence-corrected chi connectivity index (χ2v) is 5.71. The summed E-state index contributed by atoms with van der Waals surface area (Å²) in [5.41, 5.74) is 1.70. The van der Waals surface area contributed by atoms with Crippen molar-refractivity contribution in [1.29, 1.82) is 0 Å². The van der Waals surface area contributed by atoms with Gasteiger partial charge in [-0.1, -0.05) is 0 Å². The van der Waals surface area contributed by atoms with Crippen LogP contribution in [-0.4, -0.2) is 0 Å². The van der Waals surface area contributed by atoms with Crippen LogP contribution in [0.3, 0.4) is 0 Å². The summed E-state index contributed by atoms with van der Waals surface area (Å²) < 4.78 is 49.1. The molecule has 0 unspecified atom stereocenters. The van der Waals surface area contributed by atoms with E-state index in [1.807, 2.05) is 25.4 Å². The average Bonchev–Trinajstić information content (AvgIpc) is 2.93. The van der Waals surface area contributed by atoms with Crippen LogP contribution in [0.4, 0.5) is 13.2 Å². The number of aryl methyl sites for hydroxylation is 2. The van der Waals surface area contributed by atoms with E-state index in [4.69, 9.17) is 4.42 Å². The summed E-state index contributed by atoms with van der Waals surface area (Å²) in [4.78, 5) is 0. The predicted molar refractivity (Wildman–Crippen MR) is 81.7 cm³/mol. The smallest absolute Gasteiger partial charge is 0.406 e. The lowest BCUT2D eigenvalue weighted by Crippen LogP contribution is -2.30. The zero-order chi connectivity index (χ0) is 17.5. The number of hydrogen-bond acceptors (Lipinski definition) is 1. The highest BCUT2D eigenvalue weighted by Gasteiger charge is 2.34. The summed E-state index contributed by atoms with van der Waals surface area (Å²) in [6.07, 6.45) is 0.492. The number of halogens is 3. The van der Waals surface area contributed by atoms with E-state index in [0.717, 1.165) is 11.6 Å². The van der Waals surface area contributed by atoms with Gasteiger partial charge in [0.1, 0.15) is 14.1 Å². The lowest BCUT2D eigenvalue weighted by molar-refractivity contribution is -0.662. The van der Waals surface area contributed by atoms with Crippen molar-refractivity contribution in [3.8, 4) is 22.7 Å². The largest absolute Gasteiger partial charge is 0.416 e. The van der Waals surface area contributed by atoms with Gasteiger partial charge in [0.25, 0.3) is 0 Å². The Balaban J connectivity index is 2.34. The lowest BCUT2D eigenvalue weighted by Gasteiger charge is -2.13. The number of alkyl halides is 3. The first-order valence-corrected chi connectivity index (χ1v) is 7.39. The molecule has 0 spiro atoms. The normalized spacial score (nSPS) is 11.8. The van der Waals surface area contributed by atoms with Crippen molar-refractivity contribution in [3.05, 3.63) is 60.1 Å². The van der Waals surface area contributed by atoms with Crippen LogP contribution >= 0.6 is 0 Å². The molecule has 0 N–H and O–H groups in total. The van der Waals surface area contributed by atoms with Crippen LogP contribution in [0.1, 0.15) is 11.1 Å². The number of pyridine rings is 1. The van der Waals surface area contributed by atoms with Crippen LogP contribution in [-0.2, 0) is 20.3 Å². The van der Waals surface area contributed by atoms with E-state index in [0.29, 0.717) is 22.7 Å². The summed E-state index contributed by atoms with van der Waals surface area (Å²) in [5.74, 6) is 0.387. The molecular weight excluding hydrogens is 317 g/mol. The first-order chi connectivity index (χ1) is 11.3. The maximum absolute atomic E-state index is 13.4. The van der Waals surface area contributed by atoms with E-state index in [1.165, 1.54) is 12.3 Å². The van der Waals surface area contributed by atoms with Crippen molar-refractivity contribution in [2.45, 2.75) is 13.1 Å². The fraction of sp³-hybridized carbons (Fsp3) is 0.222. The van der Waals surface area contributed by atoms with Gasteiger partial charge in [0.2, 0.25) is 11.9 Å². The van der Waals surface area contributed by atoms with Crippen molar-refractivity contribution >= 4 is 0 Å². The van der Waals surface area contributed by atoms with Crippen LogP contribution in [0.2, 0.25) is 0 Å². The topological polar surface area (TPSA) is 20.9 Å². The van der Waals surface area contributed by atoms with Crippen LogP contribution in [0.5, 0.6) is 0 Å². The molecule has 0 aliphatic heterocycles. The van der Waals surface area contributed by atoms with Crippen molar-refractivity contribution in [2.24, 2.45) is 14.1 Å². The molecule has 0 aliphatic carbocycles. The van der Waals surface area contributed by atoms with E-state index in [1.54, 1.807) is 35.4 Å². The maximum atomic E-state index is 13.4. The summed E-state index contributed by atoms with van der Waals surface area (Å²) >= 11 is 0. The summed E-state index contributed by atoms with van der Waals surface area (Å²) in [6, 6.07) is 7.77. The van der Waals surface area contributed by atoms with Gasteiger partial charge in [-0.2, -0.15) is 17.7 Å². The van der Waals surface area contributed by atoms with E-state index >= 15 is 0 Å². The molecule has 24 heavy (non-hydrogen) atoms. The molecule has 0 atom stereocenters. The molecule has 3 rings (SSSR count). The molecule has 2 heterocycles. The molecule has 3 nitrogen and oxygen atoms in total. The Hall–Kier alpha value is -2.63. The Labute approximate surface area is 137 Å². The van der Waals surface area contributed by atoms with E-state index in [2.05, 4.69) is 0 Å². The molecule has 0 saturated heterocycles. The van der Waals surface area contributed by atoms with Crippen LogP contribution in [0.15, 0.2) is 53.4 Å². The minimum atomic E-state index is -4.43. The summed E-state index contributed by atoms with van der Waals surface area (Å²) in [6.45, 7) is 1.81. The minimum absolute atomic E-state index is 0.387. The molecule has 3 aromatic rings. The monoisotopic (exact) mass is 334 g/mol. The molecule has 0 fully saturated rings. The SMILES string of the molecule is Cc1c(-c2cccc[n+]2C)cc(C(F)(F)F)cc1-c1occ[n+]1C. The van der Waals surface area contributed by atoms with Gasteiger partial charge in [-0.05, 0) is 30.7 Å². The Morgan fingerprint density at radius 2 is 1.67 bits per heavy atom. The van der Waals surface area contributed by atoms with Crippen molar-refractivity contribution < 1.29 is 26.7 Å². The van der Waals surface area contributed by atoms with Gasteiger partial charge in [0.15, 0.2) is 12.5 Å². The Morgan fingerprint density at radius 1 is 0.958 bits per heavy atom. The minimum Gasteiger partial charge on any atom is -0.406 e. The van der Waals surface area contributed by atoms with Gasteiger partial charge in [-0.3, -0.25) is 0 Å². The Bertz CT molecular complexity index is 898. The molecule has 1 aromatic carbocycles. The van der Waals surface area contributed by atoms with Gasteiger partial charge in [-0.25, -0.2) is 4.57 Å². The number of hydrogen-bond donors (Lipinski definition) is 0. The molecular formula is C18H17F3N2O+2. The summed E-state index contributed by atoms with van der Waals surface area (Å²) in [5, 5.41) is 0. The van der Waals surface area contributed by atoms with E-state index in [9.17, 15) is 13.2 Å². The number of benzene rings is 1. The second-order valence-electron chi connectivity index (χ2n) is 5.71. The Morgan fingerprint density at radius 3 is 2.25 bits per heavy atom. The van der Waals surface area contributed by atoms with Crippen LogP contribution in [0, 0.1) is 6.92 Å². The van der Waals surface area contributed by atoms with Gasteiger partial charge in [0, 0.05) is 12.1 Å². The molecule has 2 aromatic heterocycles. The van der Waals surface area contributed by atoms with Gasteiger partial charge in [0.05, 0.1) is 16.7 Å². The van der Waals surface area contributed by atoms with E-state index in [-0.39, 0.29) is 0 Å². The average molecular weight is 334 g/mol. The zero-order valence-corrected chi connectivity index (χ0v) is 13.6. The lowest BCUT2D eigenvalue weighted by atomic mass is 9.95.